The van der Waals surface area contributed by atoms with Crippen molar-refractivity contribution >= 4 is 59.3 Å². The second kappa shape index (κ2) is 26.8. The highest BCUT2D eigenvalue weighted by Crippen LogP contribution is 2.59. The highest BCUT2D eigenvalue weighted by Gasteiger charge is 2.38. The fourth-order valence-corrected chi connectivity index (χ4v) is 13.4. The van der Waals surface area contributed by atoms with Crippen LogP contribution in [0.1, 0.15) is 128 Å². The number of esters is 6. The van der Waals surface area contributed by atoms with E-state index in [0.717, 1.165) is 107 Å². The van der Waals surface area contributed by atoms with E-state index >= 15 is 0 Å². The Morgan fingerprint density at radius 3 is 1.25 bits per heavy atom. The monoisotopic (exact) mass is 973 g/mol. The minimum Gasteiger partial charge on any atom is -0.467 e. The van der Waals surface area contributed by atoms with E-state index in [1.807, 2.05) is 0 Å². The number of rotatable bonds is 21. The lowest BCUT2D eigenvalue weighted by Gasteiger charge is -2.37. The van der Waals surface area contributed by atoms with Crippen molar-refractivity contribution in [2.75, 3.05) is 26.4 Å². The fraction of sp³-hybridized carbons (Fsp3) is 0.604. The second-order valence-corrected chi connectivity index (χ2v) is 21.1. The predicted octanol–water partition coefficient (Wildman–Crippen LogP) is 11.3. The summed E-state index contributed by atoms with van der Waals surface area (Å²) in [7, 11) is 0. The summed E-state index contributed by atoms with van der Waals surface area (Å²) in [5.74, 6) is 0.783. The van der Waals surface area contributed by atoms with Gasteiger partial charge in [-0.1, -0.05) is 68.9 Å². The van der Waals surface area contributed by atoms with Gasteiger partial charge in [0.05, 0.1) is 45.6 Å². The molecular weight excluding hydrogens is 907 g/mol. The molecule has 1 aromatic rings. The normalized spacial score (nSPS) is 25.5. The zero-order chi connectivity index (χ0) is 48.4. The molecule has 0 amide bonds. The van der Waals surface area contributed by atoms with Crippen LogP contribution < -0.4 is 9.47 Å². The molecule has 4 aliphatic carbocycles. The molecule has 1 aromatic carbocycles. The molecule has 1 aliphatic heterocycles. The Bertz CT molecular complexity index is 1950. The van der Waals surface area contributed by atoms with Gasteiger partial charge in [-0.05, 0) is 150 Å². The van der Waals surface area contributed by atoms with Gasteiger partial charge in [0.15, 0.2) is 0 Å². The van der Waals surface area contributed by atoms with Crippen molar-refractivity contribution in [1.82, 2.24) is 0 Å². The van der Waals surface area contributed by atoms with Gasteiger partial charge in [-0.2, -0.15) is 0 Å². The lowest BCUT2D eigenvalue weighted by atomic mass is 9.69. The van der Waals surface area contributed by atoms with Crippen LogP contribution in [0.2, 0.25) is 0 Å². The van der Waals surface area contributed by atoms with Crippen molar-refractivity contribution in [3.05, 3.63) is 71.4 Å². The van der Waals surface area contributed by atoms with Crippen molar-refractivity contribution < 1.29 is 57.2 Å². The summed E-state index contributed by atoms with van der Waals surface area (Å²) in [6, 6.07) is 3.27. The van der Waals surface area contributed by atoms with E-state index in [1.165, 1.54) is 63.5 Å². The molecule has 0 unspecified atom stereocenters. The van der Waals surface area contributed by atoms with E-state index in [2.05, 4.69) is 24.6 Å². The molecule has 0 atom stereocenters. The number of carbonyl (C=O) groups excluding carboxylic acids is 6. The minimum atomic E-state index is -0.900. The summed E-state index contributed by atoms with van der Waals surface area (Å²) < 4.78 is 33.0. The summed E-state index contributed by atoms with van der Waals surface area (Å²) >= 11 is 2.20. The first kappa shape index (κ1) is 52.6. The Morgan fingerprint density at radius 2 is 0.882 bits per heavy atom. The Hall–Kier alpha value is -4.81. The van der Waals surface area contributed by atoms with Gasteiger partial charge < -0.3 is 28.4 Å². The van der Waals surface area contributed by atoms with Gasteiger partial charge in [-0.25, -0.2) is 19.2 Å². The number of hydrogen-bond acceptors (Lipinski definition) is 14. The van der Waals surface area contributed by atoms with Gasteiger partial charge in [0, 0.05) is 18.2 Å². The number of thioether (sulfide) groups is 2. The fourth-order valence-electron chi connectivity index (χ4n) is 10.9. The van der Waals surface area contributed by atoms with Crippen LogP contribution in [0, 0.1) is 53.9 Å². The molecule has 0 bridgehead atoms. The third-order valence-electron chi connectivity index (χ3n) is 14.7. The number of carbonyl (C=O) groups is 6. The standard InChI is InChI=1S/C53H67NO12S2/c1-5-44(55)61-30-8-10-34-12-16-36(17-13-34)38-20-24-40(25-21-38)50(58)65-42-28-29-43(49-48(42)67-53(68-49)47(54-4)52(60)64-33-32-63-46(57)7-3)66-51(59)41-26-22-39(23-27-41)37-18-14-35(15-19-37)11-9-31-62-45(56)6-2/h5-7,28-29,34-41H,1-3,8-27,30-33H2. The average Bonchev–Trinajstić information content (AvgIpc) is 3.82. The van der Waals surface area contributed by atoms with E-state index in [-0.39, 0.29) is 66.1 Å². The van der Waals surface area contributed by atoms with E-state index in [0.29, 0.717) is 62.7 Å². The lowest BCUT2D eigenvalue weighted by Crippen LogP contribution is -2.30. The molecule has 368 valence electrons. The van der Waals surface area contributed by atoms with Crippen LogP contribution in [0.5, 0.6) is 11.5 Å². The summed E-state index contributed by atoms with van der Waals surface area (Å²) in [5.41, 5.74) is -0.288. The van der Waals surface area contributed by atoms with Crippen LogP contribution in [-0.4, -0.2) is 62.2 Å². The Labute approximate surface area is 409 Å². The topological polar surface area (TPSA) is 162 Å². The van der Waals surface area contributed by atoms with Gasteiger partial charge >= 0.3 is 35.8 Å². The Morgan fingerprint density at radius 1 is 0.529 bits per heavy atom. The third kappa shape index (κ3) is 15.1. The molecule has 0 saturated heterocycles. The number of fused-ring (bicyclic) bond motifs is 1. The maximum atomic E-state index is 13.8. The molecule has 4 saturated carbocycles. The van der Waals surface area contributed by atoms with Gasteiger partial charge in [-0.3, -0.25) is 14.4 Å². The predicted molar refractivity (Wildman–Crippen MR) is 258 cm³/mol. The molecule has 5 aliphatic rings. The van der Waals surface area contributed by atoms with Crippen molar-refractivity contribution in [3.63, 3.8) is 0 Å². The van der Waals surface area contributed by atoms with Gasteiger partial charge in [0.2, 0.25) is 0 Å². The average molecular weight is 974 g/mol. The number of nitrogens with zero attached hydrogens (tertiary/aromatic N) is 1. The number of ether oxygens (including phenoxy) is 6. The molecule has 0 radical (unpaired) electrons. The van der Waals surface area contributed by atoms with Crippen molar-refractivity contribution in [2.24, 2.45) is 47.3 Å². The maximum absolute atomic E-state index is 13.8. The Kier molecular flexibility index (Phi) is 20.7. The van der Waals surface area contributed by atoms with E-state index in [1.54, 1.807) is 12.1 Å². The molecule has 1 heterocycles. The molecule has 68 heavy (non-hydrogen) atoms. The zero-order valence-corrected chi connectivity index (χ0v) is 40.9. The SMILES string of the molecule is [C-]#[N+]C(C(=O)OCCOC(=O)C=C)=C1Sc2c(OC(=O)C3CCC(C4CCC(CCCOC(=O)C=C)CC4)CC3)ccc(OC(=O)C3CCC(C4CCC(CCCOC(=O)C=C)CC4)CC3)c2S1. The van der Waals surface area contributed by atoms with E-state index in [4.69, 9.17) is 35.0 Å². The van der Waals surface area contributed by atoms with Crippen LogP contribution in [-0.2, 0) is 47.7 Å². The lowest BCUT2D eigenvalue weighted by molar-refractivity contribution is -0.146. The quantitative estimate of drug-likeness (QED) is 0.0286. The van der Waals surface area contributed by atoms with Crippen LogP contribution in [0.3, 0.4) is 0 Å². The van der Waals surface area contributed by atoms with Crippen molar-refractivity contribution in [1.29, 1.82) is 0 Å². The molecule has 0 N–H and O–H groups in total. The molecular formula is C53H67NO12S2. The molecule has 0 aromatic heterocycles. The smallest absolute Gasteiger partial charge is 0.338 e. The van der Waals surface area contributed by atoms with Crippen LogP contribution in [0.25, 0.3) is 4.85 Å². The highest BCUT2D eigenvalue weighted by molar-refractivity contribution is 8.24. The first-order chi connectivity index (χ1) is 33.0. The summed E-state index contributed by atoms with van der Waals surface area (Å²) in [6.07, 6.45) is 23.4. The largest absolute Gasteiger partial charge is 0.467 e. The zero-order valence-electron chi connectivity index (χ0n) is 39.3. The summed E-state index contributed by atoms with van der Waals surface area (Å²) in [4.78, 5) is 79.4. The second-order valence-electron chi connectivity index (χ2n) is 18.8. The van der Waals surface area contributed by atoms with Crippen LogP contribution in [0.4, 0.5) is 0 Å². The Balaban J connectivity index is 1.04. The van der Waals surface area contributed by atoms with Gasteiger partial charge in [0.25, 0.3) is 5.70 Å². The summed E-state index contributed by atoms with van der Waals surface area (Å²) in [6.45, 7) is 18.5. The van der Waals surface area contributed by atoms with Crippen LogP contribution in [0.15, 0.2) is 69.8 Å². The molecule has 15 heteroatoms. The molecule has 6 rings (SSSR count). The van der Waals surface area contributed by atoms with Crippen LogP contribution >= 0.6 is 23.5 Å². The van der Waals surface area contributed by atoms with E-state index in [9.17, 15) is 28.8 Å². The number of benzene rings is 1. The minimum absolute atomic E-state index is 0.208. The first-order valence-corrected chi connectivity index (χ1v) is 26.3. The third-order valence-corrected chi connectivity index (χ3v) is 17.3. The maximum Gasteiger partial charge on any atom is 0.338 e. The van der Waals surface area contributed by atoms with Gasteiger partial charge in [0.1, 0.15) is 24.7 Å². The summed E-state index contributed by atoms with van der Waals surface area (Å²) in [5, 5.41) is 0. The van der Waals surface area contributed by atoms with Gasteiger partial charge in [-0.15, -0.1) is 0 Å². The first-order valence-electron chi connectivity index (χ1n) is 24.6. The molecule has 13 nitrogen and oxygen atoms in total. The van der Waals surface area contributed by atoms with E-state index < -0.39 is 11.9 Å². The molecule has 4 fully saturated rings. The number of hydrogen-bond donors (Lipinski definition) is 0. The molecule has 0 spiro atoms. The van der Waals surface area contributed by atoms with Crippen molar-refractivity contribution in [3.8, 4) is 11.5 Å². The van der Waals surface area contributed by atoms with Crippen molar-refractivity contribution in [2.45, 2.75) is 138 Å². The highest BCUT2D eigenvalue weighted by atomic mass is 32.2.